The maximum absolute atomic E-state index is 12.3. The Bertz CT molecular complexity index is 603. The summed E-state index contributed by atoms with van der Waals surface area (Å²) in [7, 11) is 0. The zero-order chi connectivity index (χ0) is 17.9. The van der Waals surface area contributed by atoms with Gasteiger partial charge in [-0.2, -0.15) is 0 Å². The minimum absolute atomic E-state index is 0.0375. The summed E-state index contributed by atoms with van der Waals surface area (Å²) in [6, 6.07) is 1.83. The lowest BCUT2D eigenvalue weighted by Crippen LogP contribution is -2.42. The highest BCUT2D eigenvalue weighted by Gasteiger charge is 2.31. The third kappa shape index (κ3) is 4.21. The number of likely N-dealkylation sites (tertiary alicyclic amines) is 1. The first-order chi connectivity index (χ1) is 11.2. The summed E-state index contributed by atoms with van der Waals surface area (Å²) in [5, 5.41) is 0. The van der Waals surface area contributed by atoms with Gasteiger partial charge < -0.3 is 20.2 Å². The van der Waals surface area contributed by atoms with E-state index in [-0.39, 0.29) is 18.6 Å². The average Bonchev–Trinajstić information content (AvgIpc) is 2.88. The molecule has 7 nitrogen and oxygen atoms in total. The normalized spacial score (nSPS) is 18.3. The summed E-state index contributed by atoms with van der Waals surface area (Å²) in [5.41, 5.74) is 0.651. The van der Waals surface area contributed by atoms with Gasteiger partial charge in [0.1, 0.15) is 5.60 Å². The number of rotatable bonds is 3. The van der Waals surface area contributed by atoms with E-state index in [0.29, 0.717) is 18.8 Å². The van der Waals surface area contributed by atoms with Crippen molar-refractivity contribution in [3.05, 3.63) is 23.5 Å². The molecule has 7 heteroatoms. The van der Waals surface area contributed by atoms with Crippen molar-refractivity contribution in [3.63, 3.8) is 0 Å². The quantitative estimate of drug-likeness (QED) is 0.676. The SMILES string of the molecule is CCOC(=O)c1c(C2CCCN(C(=O)OC(C)(C)C)C2)ccn1N. The summed E-state index contributed by atoms with van der Waals surface area (Å²) in [4.78, 5) is 26.2. The molecule has 2 rings (SSSR count). The van der Waals surface area contributed by atoms with Gasteiger partial charge in [-0.05, 0) is 52.2 Å². The van der Waals surface area contributed by atoms with Gasteiger partial charge in [0.15, 0.2) is 5.69 Å². The van der Waals surface area contributed by atoms with E-state index >= 15 is 0 Å². The molecule has 1 unspecified atom stereocenters. The number of hydrogen-bond acceptors (Lipinski definition) is 5. The van der Waals surface area contributed by atoms with Crippen LogP contribution in [0.3, 0.4) is 0 Å². The summed E-state index contributed by atoms with van der Waals surface area (Å²) >= 11 is 0. The van der Waals surface area contributed by atoms with Gasteiger partial charge in [0, 0.05) is 25.2 Å². The van der Waals surface area contributed by atoms with E-state index in [4.69, 9.17) is 15.3 Å². The number of ether oxygens (including phenoxy) is 2. The smallest absolute Gasteiger partial charge is 0.410 e. The first-order valence-corrected chi connectivity index (χ1v) is 8.34. The molecule has 1 aromatic heterocycles. The van der Waals surface area contributed by atoms with Crippen LogP contribution in [0.2, 0.25) is 0 Å². The molecule has 2 N–H and O–H groups in total. The van der Waals surface area contributed by atoms with Gasteiger partial charge in [-0.25, -0.2) is 9.59 Å². The molecule has 0 aromatic carbocycles. The Kier molecular flexibility index (Phi) is 5.41. The number of nitrogen functional groups attached to an aromatic ring is 1. The number of carbonyl (C=O) groups excluding carboxylic acids is 2. The highest BCUT2D eigenvalue weighted by molar-refractivity contribution is 5.89. The van der Waals surface area contributed by atoms with Crippen LogP contribution in [-0.2, 0) is 9.47 Å². The molecule has 1 saturated heterocycles. The molecular weight excluding hydrogens is 310 g/mol. The second-order valence-electron chi connectivity index (χ2n) is 7.01. The number of nitrogens with two attached hydrogens (primary N) is 1. The van der Waals surface area contributed by atoms with Crippen molar-refractivity contribution >= 4 is 12.1 Å². The predicted octanol–water partition coefficient (Wildman–Crippen LogP) is 2.49. The van der Waals surface area contributed by atoms with E-state index < -0.39 is 11.6 Å². The lowest BCUT2D eigenvalue weighted by molar-refractivity contribution is 0.0198. The van der Waals surface area contributed by atoms with Gasteiger partial charge in [-0.3, -0.25) is 4.68 Å². The van der Waals surface area contributed by atoms with Crippen molar-refractivity contribution in [2.75, 3.05) is 25.5 Å². The molecule has 24 heavy (non-hydrogen) atoms. The van der Waals surface area contributed by atoms with Gasteiger partial charge in [0.25, 0.3) is 0 Å². The van der Waals surface area contributed by atoms with E-state index in [2.05, 4.69) is 0 Å². The number of hydrogen-bond donors (Lipinski definition) is 1. The average molecular weight is 337 g/mol. The van der Waals surface area contributed by atoms with Crippen LogP contribution in [0, 0.1) is 0 Å². The van der Waals surface area contributed by atoms with Gasteiger partial charge in [0.05, 0.1) is 6.61 Å². The molecule has 1 aliphatic heterocycles. The fraction of sp³-hybridized carbons (Fsp3) is 0.647. The number of esters is 1. The zero-order valence-corrected chi connectivity index (χ0v) is 14.9. The van der Waals surface area contributed by atoms with Crippen LogP contribution in [0.25, 0.3) is 0 Å². The van der Waals surface area contributed by atoms with Gasteiger partial charge >= 0.3 is 12.1 Å². The van der Waals surface area contributed by atoms with Crippen LogP contribution in [0.5, 0.6) is 0 Å². The summed E-state index contributed by atoms with van der Waals surface area (Å²) in [5.74, 6) is 5.47. The third-order valence-electron chi connectivity index (χ3n) is 3.93. The second-order valence-corrected chi connectivity index (χ2v) is 7.01. The zero-order valence-electron chi connectivity index (χ0n) is 14.9. The first kappa shape index (κ1) is 18.2. The van der Waals surface area contributed by atoms with E-state index in [0.717, 1.165) is 18.4 Å². The van der Waals surface area contributed by atoms with Gasteiger partial charge in [-0.1, -0.05) is 0 Å². The van der Waals surface area contributed by atoms with E-state index in [1.165, 1.54) is 4.68 Å². The molecule has 0 bridgehead atoms. The topological polar surface area (TPSA) is 86.8 Å². The van der Waals surface area contributed by atoms with Crippen molar-refractivity contribution < 1.29 is 19.1 Å². The van der Waals surface area contributed by atoms with Crippen molar-refractivity contribution in [2.45, 2.75) is 52.1 Å². The van der Waals surface area contributed by atoms with Gasteiger partial charge in [0.2, 0.25) is 0 Å². The molecule has 0 aliphatic carbocycles. The number of carbonyl (C=O) groups is 2. The maximum Gasteiger partial charge on any atom is 0.410 e. The molecule has 0 saturated carbocycles. The van der Waals surface area contributed by atoms with Crippen molar-refractivity contribution in [1.29, 1.82) is 0 Å². The largest absolute Gasteiger partial charge is 0.461 e. The van der Waals surface area contributed by atoms with Crippen LogP contribution in [-0.4, -0.2) is 46.9 Å². The Morgan fingerprint density at radius 3 is 2.71 bits per heavy atom. The third-order valence-corrected chi connectivity index (χ3v) is 3.93. The lowest BCUT2D eigenvalue weighted by atomic mass is 9.90. The van der Waals surface area contributed by atoms with Crippen LogP contribution in [0.1, 0.15) is 62.5 Å². The maximum atomic E-state index is 12.3. The molecule has 0 radical (unpaired) electrons. The van der Waals surface area contributed by atoms with Crippen molar-refractivity contribution in [2.24, 2.45) is 0 Å². The Balaban J connectivity index is 2.16. The fourth-order valence-electron chi connectivity index (χ4n) is 2.94. The van der Waals surface area contributed by atoms with Crippen LogP contribution in [0.4, 0.5) is 4.79 Å². The molecule has 1 fully saturated rings. The molecule has 0 spiro atoms. The fourth-order valence-corrected chi connectivity index (χ4v) is 2.94. The van der Waals surface area contributed by atoms with E-state index in [1.54, 1.807) is 18.0 Å². The van der Waals surface area contributed by atoms with E-state index in [9.17, 15) is 9.59 Å². The predicted molar refractivity (Wildman–Crippen MR) is 90.3 cm³/mol. The minimum atomic E-state index is -0.527. The molecule has 1 amide bonds. The van der Waals surface area contributed by atoms with Gasteiger partial charge in [-0.15, -0.1) is 0 Å². The molecule has 1 aliphatic rings. The van der Waals surface area contributed by atoms with Crippen molar-refractivity contribution in [3.8, 4) is 0 Å². The number of piperidine rings is 1. The van der Waals surface area contributed by atoms with E-state index in [1.807, 2.05) is 26.8 Å². The molecule has 2 heterocycles. The highest BCUT2D eigenvalue weighted by Crippen LogP contribution is 2.30. The van der Waals surface area contributed by atoms with Crippen LogP contribution in [0.15, 0.2) is 12.3 Å². The van der Waals surface area contributed by atoms with Crippen molar-refractivity contribution in [1.82, 2.24) is 9.58 Å². The number of nitrogens with zero attached hydrogens (tertiary/aromatic N) is 2. The first-order valence-electron chi connectivity index (χ1n) is 8.34. The standard InChI is InChI=1S/C17H27N3O4/c1-5-23-15(21)14-13(8-10-20(14)18)12-7-6-9-19(11-12)16(22)24-17(2,3)4/h8,10,12H,5-7,9,11,18H2,1-4H3. The summed E-state index contributed by atoms with van der Waals surface area (Å²) < 4.78 is 11.8. The second kappa shape index (κ2) is 7.15. The summed E-state index contributed by atoms with van der Waals surface area (Å²) in [6.07, 6.45) is 3.06. The molecule has 1 aromatic rings. The minimum Gasteiger partial charge on any atom is -0.461 e. The van der Waals surface area contributed by atoms with Crippen LogP contribution < -0.4 is 5.84 Å². The Labute approximate surface area is 142 Å². The lowest BCUT2D eigenvalue weighted by Gasteiger charge is -2.34. The molecule has 1 atom stereocenters. The van der Waals surface area contributed by atoms with Crippen LogP contribution >= 0.6 is 0 Å². The molecular formula is C17H27N3O4. The number of aromatic nitrogens is 1. The Hall–Kier alpha value is -2.18. The monoisotopic (exact) mass is 337 g/mol. The molecule has 134 valence electrons. The Morgan fingerprint density at radius 2 is 2.08 bits per heavy atom. The summed E-state index contributed by atoms with van der Waals surface area (Å²) in [6.45, 7) is 8.75. The Morgan fingerprint density at radius 1 is 1.38 bits per heavy atom. The highest BCUT2D eigenvalue weighted by atomic mass is 16.6. The number of amides is 1.